The quantitative estimate of drug-likeness (QED) is 0.639. The number of halogens is 4. The standard InChI is InChI=1S/C18H23F4NO3/c1-2-4-14(11-5-3-6-13(7-11)26-17(19)20)23-16(25)8-15(24)12-9-18(21,22)10-12/h3,5-7,12,14-15,17,24H,2,4,8-10H2,1H3,(H,23,25). The van der Waals surface area contributed by atoms with E-state index in [1.54, 1.807) is 12.1 Å². The molecular formula is C18H23F4NO3. The van der Waals surface area contributed by atoms with E-state index in [1.165, 1.54) is 12.1 Å². The fraction of sp³-hybridized carbons (Fsp3) is 0.611. The molecule has 4 nitrogen and oxygen atoms in total. The van der Waals surface area contributed by atoms with Crippen LogP contribution < -0.4 is 10.1 Å². The van der Waals surface area contributed by atoms with Crippen LogP contribution in [-0.4, -0.2) is 29.7 Å². The van der Waals surface area contributed by atoms with E-state index in [1.807, 2.05) is 6.92 Å². The number of hydrogen-bond acceptors (Lipinski definition) is 3. The van der Waals surface area contributed by atoms with Crippen molar-refractivity contribution in [3.05, 3.63) is 29.8 Å². The van der Waals surface area contributed by atoms with Crippen molar-refractivity contribution in [2.45, 2.75) is 63.7 Å². The summed E-state index contributed by atoms with van der Waals surface area (Å²) in [6.07, 6.45) is -0.928. The first kappa shape index (κ1) is 20.5. The molecule has 0 bridgehead atoms. The van der Waals surface area contributed by atoms with Crippen molar-refractivity contribution in [3.63, 3.8) is 0 Å². The fourth-order valence-corrected chi connectivity index (χ4v) is 3.11. The number of benzene rings is 1. The predicted octanol–water partition coefficient (Wildman–Crippen LogP) is 4.04. The van der Waals surface area contributed by atoms with Crippen molar-refractivity contribution in [3.8, 4) is 5.75 Å². The van der Waals surface area contributed by atoms with Gasteiger partial charge in [-0.1, -0.05) is 25.5 Å². The number of ether oxygens (including phenoxy) is 1. The number of carbonyl (C=O) groups is 1. The van der Waals surface area contributed by atoms with Crippen molar-refractivity contribution in [2.24, 2.45) is 5.92 Å². The van der Waals surface area contributed by atoms with Crippen molar-refractivity contribution >= 4 is 5.91 Å². The minimum Gasteiger partial charge on any atom is -0.435 e. The second kappa shape index (κ2) is 8.70. The van der Waals surface area contributed by atoms with Crippen molar-refractivity contribution in [1.82, 2.24) is 5.32 Å². The highest BCUT2D eigenvalue weighted by molar-refractivity contribution is 5.77. The predicted molar refractivity (Wildman–Crippen MR) is 87.2 cm³/mol. The number of carbonyl (C=O) groups excluding carboxylic acids is 1. The molecule has 26 heavy (non-hydrogen) atoms. The Balaban J connectivity index is 1.95. The zero-order valence-electron chi connectivity index (χ0n) is 14.4. The zero-order valence-corrected chi connectivity index (χ0v) is 14.4. The SMILES string of the molecule is CCCC(NC(=O)CC(O)C1CC(F)(F)C1)c1cccc(OC(F)F)c1. The van der Waals surface area contributed by atoms with Crippen LogP contribution in [0, 0.1) is 5.92 Å². The van der Waals surface area contributed by atoms with Gasteiger partial charge in [0.15, 0.2) is 0 Å². The van der Waals surface area contributed by atoms with Gasteiger partial charge in [-0.05, 0) is 30.0 Å². The third kappa shape index (κ3) is 5.86. The minimum atomic E-state index is -2.94. The Bertz CT molecular complexity index is 604. The Labute approximate surface area is 149 Å². The van der Waals surface area contributed by atoms with Gasteiger partial charge in [-0.2, -0.15) is 8.78 Å². The summed E-state index contributed by atoms with van der Waals surface area (Å²) < 4.78 is 54.8. The fourth-order valence-electron chi connectivity index (χ4n) is 3.11. The lowest BCUT2D eigenvalue weighted by Crippen LogP contribution is -2.44. The van der Waals surface area contributed by atoms with E-state index in [0.717, 1.165) is 6.42 Å². The van der Waals surface area contributed by atoms with Crippen LogP contribution in [0.15, 0.2) is 24.3 Å². The summed E-state index contributed by atoms with van der Waals surface area (Å²) in [7, 11) is 0. The first-order valence-corrected chi connectivity index (χ1v) is 8.60. The molecule has 1 saturated carbocycles. The molecule has 1 aromatic rings. The maximum Gasteiger partial charge on any atom is 0.387 e. The highest BCUT2D eigenvalue weighted by atomic mass is 19.3. The summed E-state index contributed by atoms with van der Waals surface area (Å²) in [5.74, 6) is -3.81. The summed E-state index contributed by atoms with van der Waals surface area (Å²) in [5, 5.41) is 12.7. The van der Waals surface area contributed by atoms with Gasteiger partial charge in [0.1, 0.15) is 5.75 Å². The summed E-state index contributed by atoms with van der Waals surface area (Å²) in [4.78, 5) is 12.2. The third-order valence-electron chi connectivity index (χ3n) is 4.46. The van der Waals surface area contributed by atoms with Crippen LogP contribution in [0.3, 0.4) is 0 Å². The highest BCUT2D eigenvalue weighted by Crippen LogP contribution is 2.44. The first-order chi connectivity index (χ1) is 12.2. The molecule has 8 heteroatoms. The number of rotatable bonds is 9. The number of nitrogens with one attached hydrogen (secondary N) is 1. The molecule has 0 spiro atoms. The molecule has 1 amide bonds. The molecule has 0 aromatic heterocycles. The third-order valence-corrected chi connectivity index (χ3v) is 4.46. The van der Waals surface area contributed by atoms with Crippen LogP contribution >= 0.6 is 0 Å². The maximum absolute atomic E-state index is 12.9. The molecule has 1 aromatic carbocycles. The summed E-state index contributed by atoms with van der Waals surface area (Å²) >= 11 is 0. The van der Waals surface area contributed by atoms with Gasteiger partial charge in [0.05, 0.1) is 18.6 Å². The smallest absolute Gasteiger partial charge is 0.387 e. The summed E-state index contributed by atoms with van der Waals surface area (Å²) in [6.45, 7) is -1.04. The van der Waals surface area contributed by atoms with E-state index in [9.17, 15) is 27.5 Å². The van der Waals surface area contributed by atoms with Crippen molar-refractivity contribution < 1.29 is 32.2 Å². The van der Waals surface area contributed by atoms with E-state index >= 15 is 0 Å². The van der Waals surface area contributed by atoms with Gasteiger partial charge in [0.2, 0.25) is 11.8 Å². The van der Waals surface area contributed by atoms with Crippen molar-refractivity contribution in [2.75, 3.05) is 0 Å². The number of aliphatic hydroxyl groups is 1. The average molecular weight is 377 g/mol. The molecule has 1 aliphatic rings. The Kier molecular flexibility index (Phi) is 6.86. The minimum absolute atomic E-state index is 0.00964. The number of aliphatic hydroxyl groups excluding tert-OH is 1. The molecule has 2 rings (SSSR count). The van der Waals surface area contributed by atoms with Crippen LogP contribution in [-0.2, 0) is 4.79 Å². The van der Waals surface area contributed by atoms with E-state index in [4.69, 9.17) is 0 Å². The second-order valence-corrected chi connectivity index (χ2v) is 6.66. The second-order valence-electron chi connectivity index (χ2n) is 6.66. The lowest BCUT2D eigenvalue weighted by molar-refractivity contribution is -0.148. The Morgan fingerprint density at radius 1 is 1.38 bits per heavy atom. The molecule has 0 heterocycles. The number of hydrogen-bond donors (Lipinski definition) is 2. The first-order valence-electron chi connectivity index (χ1n) is 8.60. The monoisotopic (exact) mass is 377 g/mol. The van der Waals surface area contributed by atoms with Crippen molar-refractivity contribution in [1.29, 1.82) is 0 Å². The number of amides is 1. The van der Waals surface area contributed by atoms with Gasteiger partial charge >= 0.3 is 6.61 Å². The Morgan fingerprint density at radius 2 is 2.08 bits per heavy atom. The molecule has 2 atom stereocenters. The number of alkyl halides is 4. The molecule has 0 aliphatic heterocycles. The molecule has 1 fully saturated rings. The lowest BCUT2D eigenvalue weighted by atomic mass is 9.76. The maximum atomic E-state index is 12.9. The van der Waals surface area contributed by atoms with Gasteiger partial charge in [0, 0.05) is 12.8 Å². The van der Waals surface area contributed by atoms with E-state index in [0.29, 0.717) is 12.0 Å². The van der Waals surface area contributed by atoms with Crippen LogP contribution in [0.5, 0.6) is 5.75 Å². The summed E-state index contributed by atoms with van der Waals surface area (Å²) in [6, 6.07) is 5.61. The Hall–Kier alpha value is -1.83. The van der Waals surface area contributed by atoms with E-state index in [2.05, 4.69) is 10.1 Å². The highest BCUT2D eigenvalue weighted by Gasteiger charge is 2.48. The van der Waals surface area contributed by atoms with Gasteiger partial charge in [-0.15, -0.1) is 0 Å². The molecule has 0 saturated heterocycles. The van der Waals surface area contributed by atoms with Crippen LogP contribution in [0.4, 0.5) is 17.6 Å². The van der Waals surface area contributed by atoms with Crippen LogP contribution in [0.2, 0.25) is 0 Å². The summed E-state index contributed by atoms with van der Waals surface area (Å²) in [5.41, 5.74) is 0.600. The topological polar surface area (TPSA) is 58.6 Å². The molecule has 2 unspecified atom stereocenters. The van der Waals surface area contributed by atoms with E-state index < -0.39 is 49.3 Å². The van der Waals surface area contributed by atoms with Crippen LogP contribution in [0.25, 0.3) is 0 Å². The Morgan fingerprint density at radius 3 is 2.65 bits per heavy atom. The molecule has 2 N–H and O–H groups in total. The molecule has 0 radical (unpaired) electrons. The van der Waals surface area contributed by atoms with Gasteiger partial charge in [-0.25, -0.2) is 8.78 Å². The van der Waals surface area contributed by atoms with Crippen LogP contribution in [0.1, 0.15) is 50.6 Å². The molecule has 1 aliphatic carbocycles. The van der Waals surface area contributed by atoms with E-state index in [-0.39, 0.29) is 12.2 Å². The van der Waals surface area contributed by atoms with Gasteiger partial charge in [-0.3, -0.25) is 4.79 Å². The average Bonchev–Trinajstić information content (AvgIpc) is 2.51. The molecular weight excluding hydrogens is 354 g/mol. The van der Waals surface area contributed by atoms with Gasteiger partial charge < -0.3 is 15.2 Å². The largest absolute Gasteiger partial charge is 0.435 e. The van der Waals surface area contributed by atoms with Gasteiger partial charge in [0.25, 0.3) is 0 Å². The molecule has 146 valence electrons. The lowest BCUT2D eigenvalue weighted by Gasteiger charge is -2.37. The zero-order chi connectivity index (χ0) is 19.3. The normalized spacial score (nSPS) is 18.9.